The fraction of sp³-hybridized carbons (Fsp3) is 0.375. The normalized spacial score (nSPS) is 16.4. The Morgan fingerprint density at radius 3 is 2.70 bits per heavy atom. The third kappa shape index (κ3) is 4.42. The Labute approximate surface area is 194 Å². The number of rotatable bonds is 8. The average molecular weight is 470 g/mol. The molecule has 0 unspecified atom stereocenters. The largest absolute Gasteiger partial charge is 0.346 e. The number of anilines is 1. The minimum absolute atomic E-state index is 0.276. The van der Waals surface area contributed by atoms with E-state index >= 15 is 0 Å². The first kappa shape index (κ1) is 21.8. The van der Waals surface area contributed by atoms with E-state index in [1.165, 1.54) is 27.7 Å². The summed E-state index contributed by atoms with van der Waals surface area (Å²) in [5, 5.41) is 9.03. The van der Waals surface area contributed by atoms with Gasteiger partial charge < -0.3 is 15.2 Å². The van der Waals surface area contributed by atoms with Crippen LogP contribution in [0.4, 0.5) is 13.9 Å². The van der Waals surface area contributed by atoms with Crippen molar-refractivity contribution in [3.63, 3.8) is 0 Å². The summed E-state index contributed by atoms with van der Waals surface area (Å²) in [7, 11) is 0. The van der Waals surface area contributed by atoms with Crippen LogP contribution in [0.25, 0.3) is 11.4 Å². The topological polar surface area (TPSA) is 71.8 Å². The van der Waals surface area contributed by atoms with Crippen molar-refractivity contribution in [1.82, 2.24) is 19.9 Å². The van der Waals surface area contributed by atoms with Crippen LogP contribution in [0, 0.1) is 6.92 Å². The first-order chi connectivity index (χ1) is 15.9. The van der Waals surface area contributed by atoms with Gasteiger partial charge in [0.25, 0.3) is 12.3 Å². The quantitative estimate of drug-likeness (QED) is 0.467. The molecule has 5 rings (SSSR count). The molecule has 3 aromatic rings. The number of aryl methyl sites for hydroxylation is 1. The number of amides is 1. The van der Waals surface area contributed by atoms with E-state index in [1.807, 2.05) is 30.5 Å². The van der Waals surface area contributed by atoms with Gasteiger partial charge in [0.15, 0.2) is 5.13 Å². The van der Waals surface area contributed by atoms with E-state index in [0.29, 0.717) is 24.9 Å². The van der Waals surface area contributed by atoms with E-state index in [4.69, 9.17) is 0 Å². The van der Waals surface area contributed by atoms with Crippen molar-refractivity contribution in [2.45, 2.75) is 51.0 Å². The van der Waals surface area contributed by atoms with E-state index in [0.717, 1.165) is 47.2 Å². The first-order valence-electron chi connectivity index (χ1n) is 11.1. The number of nitrogens with one attached hydrogen (secondary N) is 2. The lowest BCUT2D eigenvalue weighted by Gasteiger charge is -2.22. The van der Waals surface area contributed by atoms with Crippen molar-refractivity contribution >= 4 is 22.4 Å². The number of hydrogen-bond donors (Lipinski definition) is 2. The number of aromatic nitrogens is 3. The van der Waals surface area contributed by atoms with Crippen LogP contribution in [-0.4, -0.2) is 33.4 Å². The van der Waals surface area contributed by atoms with Gasteiger partial charge in [-0.2, -0.15) is 0 Å². The molecule has 2 saturated carbocycles. The molecule has 2 fully saturated rings. The Morgan fingerprint density at radius 1 is 1.21 bits per heavy atom. The third-order valence-electron chi connectivity index (χ3n) is 6.36. The number of alkyl halides is 2. The average Bonchev–Trinajstić information content (AvgIpc) is 3.19. The smallest absolute Gasteiger partial charge is 0.261 e. The second-order valence-electron chi connectivity index (χ2n) is 8.66. The van der Waals surface area contributed by atoms with Gasteiger partial charge in [-0.1, -0.05) is 6.07 Å². The number of hydrogen-bond acceptors (Lipinski definition) is 5. The summed E-state index contributed by atoms with van der Waals surface area (Å²) < 4.78 is 28.2. The summed E-state index contributed by atoms with van der Waals surface area (Å²) in [6, 6.07) is 7.44. The van der Waals surface area contributed by atoms with Gasteiger partial charge >= 0.3 is 0 Å². The molecule has 9 heteroatoms. The number of allylic oxidation sites excluding steroid dienone is 1. The van der Waals surface area contributed by atoms with Gasteiger partial charge in [-0.15, -0.1) is 11.3 Å². The van der Waals surface area contributed by atoms with Gasteiger partial charge in [0.2, 0.25) is 0 Å². The number of nitrogens with zero attached hydrogens (tertiary/aromatic N) is 3. The van der Waals surface area contributed by atoms with Gasteiger partial charge in [0.05, 0.1) is 17.8 Å². The molecule has 172 valence electrons. The molecule has 3 heterocycles. The maximum Gasteiger partial charge on any atom is 0.261 e. The lowest BCUT2D eigenvalue weighted by molar-refractivity contribution is 0.0671. The highest BCUT2D eigenvalue weighted by Gasteiger charge is 2.52. The fourth-order valence-electron chi connectivity index (χ4n) is 3.97. The minimum atomic E-state index is -2.43. The SMILES string of the molecule is Cc1cccc(-c2csc(NC(CNC(=O)c3ccn(C4(C(F)F)CC4)c3)=C3CCC3)n2)n1. The molecule has 0 spiro atoms. The van der Waals surface area contributed by atoms with Gasteiger partial charge in [0, 0.05) is 29.2 Å². The lowest BCUT2D eigenvalue weighted by atomic mass is 9.90. The molecule has 2 aliphatic carbocycles. The second-order valence-corrected chi connectivity index (χ2v) is 9.52. The van der Waals surface area contributed by atoms with Gasteiger partial charge in [-0.05, 0) is 62.8 Å². The Morgan fingerprint density at radius 2 is 2.03 bits per heavy atom. The predicted molar refractivity (Wildman–Crippen MR) is 125 cm³/mol. The zero-order valence-corrected chi connectivity index (χ0v) is 19.1. The number of thiazole rings is 1. The van der Waals surface area contributed by atoms with Crippen LogP contribution in [0.15, 0.2) is 53.3 Å². The molecule has 0 aliphatic heterocycles. The summed E-state index contributed by atoms with van der Waals surface area (Å²) in [4.78, 5) is 21.9. The number of carbonyl (C=O) groups excluding carboxylic acids is 1. The van der Waals surface area contributed by atoms with Crippen molar-refractivity contribution in [1.29, 1.82) is 0 Å². The highest BCUT2D eigenvalue weighted by atomic mass is 32.1. The van der Waals surface area contributed by atoms with Crippen LogP contribution < -0.4 is 10.6 Å². The Bertz CT molecular complexity index is 1200. The lowest BCUT2D eigenvalue weighted by Crippen LogP contribution is -2.29. The molecule has 0 radical (unpaired) electrons. The summed E-state index contributed by atoms with van der Waals surface area (Å²) in [5.74, 6) is -0.276. The van der Waals surface area contributed by atoms with E-state index < -0.39 is 12.0 Å². The Kier molecular flexibility index (Phi) is 5.74. The van der Waals surface area contributed by atoms with E-state index in [-0.39, 0.29) is 5.91 Å². The van der Waals surface area contributed by atoms with Crippen molar-refractivity contribution in [2.24, 2.45) is 0 Å². The fourth-order valence-corrected chi connectivity index (χ4v) is 4.70. The van der Waals surface area contributed by atoms with Crippen LogP contribution in [0.2, 0.25) is 0 Å². The predicted octanol–water partition coefficient (Wildman–Crippen LogP) is 5.35. The van der Waals surface area contributed by atoms with Gasteiger partial charge in [0.1, 0.15) is 11.2 Å². The van der Waals surface area contributed by atoms with Crippen molar-refractivity contribution in [2.75, 3.05) is 11.9 Å². The van der Waals surface area contributed by atoms with Crippen LogP contribution in [0.5, 0.6) is 0 Å². The maximum atomic E-state index is 13.4. The zero-order chi connectivity index (χ0) is 23.0. The number of pyridine rings is 1. The van der Waals surface area contributed by atoms with Crippen molar-refractivity contribution in [3.8, 4) is 11.4 Å². The molecule has 0 bridgehead atoms. The van der Waals surface area contributed by atoms with Gasteiger partial charge in [-0.25, -0.2) is 13.8 Å². The highest BCUT2D eigenvalue weighted by Crippen LogP contribution is 2.48. The molecular weight excluding hydrogens is 444 g/mol. The first-order valence-corrected chi connectivity index (χ1v) is 11.9. The summed E-state index contributed by atoms with van der Waals surface area (Å²) in [6.07, 6.45) is 4.66. The van der Waals surface area contributed by atoms with E-state index in [1.54, 1.807) is 12.3 Å². The van der Waals surface area contributed by atoms with Crippen LogP contribution in [0.3, 0.4) is 0 Å². The highest BCUT2D eigenvalue weighted by molar-refractivity contribution is 7.14. The van der Waals surface area contributed by atoms with Crippen molar-refractivity contribution < 1.29 is 13.6 Å². The molecule has 33 heavy (non-hydrogen) atoms. The molecule has 0 aromatic carbocycles. The van der Waals surface area contributed by atoms with Crippen molar-refractivity contribution in [3.05, 3.63) is 64.6 Å². The van der Waals surface area contributed by atoms with Gasteiger partial charge in [-0.3, -0.25) is 9.78 Å². The summed E-state index contributed by atoms with van der Waals surface area (Å²) in [6.45, 7) is 2.28. The molecule has 2 N–H and O–H groups in total. The number of halogens is 2. The Hall–Kier alpha value is -3.07. The number of carbonyl (C=O) groups is 1. The summed E-state index contributed by atoms with van der Waals surface area (Å²) in [5.41, 5.74) is 4.04. The third-order valence-corrected chi connectivity index (χ3v) is 7.12. The van der Waals surface area contributed by atoms with Crippen LogP contribution in [-0.2, 0) is 5.54 Å². The zero-order valence-electron chi connectivity index (χ0n) is 18.3. The molecular formula is C24H25F2N5OS. The molecule has 1 amide bonds. The molecule has 0 atom stereocenters. The molecule has 2 aliphatic rings. The molecule has 6 nitrogen and oxygen atoms in total. The maximum absolute atomic E-state index is 13.4. The second kappa shape index (κ2) is 8.70. The van der Waals surface area contributed by atoms with Crippen LogP contribution in [0.1, 0.15) is 48.2 Å². The minimum Gasteiger partial charge on any atom is -0.346 e. The van der Waals surface area contributed by atoms with Crippen LogP contribution >= 0.6 is 11.3 Å². The standard InChI is InChI=1S/C24H25F2N5OS/c1-15-4-2-7-18(28-15)20-14-33-23(30-20)29-19(16-5-3-6-16)12-27-21(32)17-8-11-31(13-17)24(9-10-24)22(25)26/h2,4,7-8,11,13-14,22H,3,5-6,9-10,12H2,1H3,(H,27,32)(H,29,30). The monoisotopic (exact) mass is 469 g/mol. The molecule has 0 saturated heterocycles. The molecule has 3 aromatic heterocycles. The Balaban J connectivity index is 1.25. The van der Waals surface area contributed by atoms with E-state index in [2.05, 4.69) is 20.6 Å². The summed E-state index contributed by atoms with van der Waals surface area (Å²) >= 11 is 1.49. The van der Waals surface area contributed by atoms with E-state index in [9.17, 15) is 13.6 Å².